The van der Waals surface area contributed by atoms with Crippen LogP contribution in [0, 0.1) is 5.82 Å². The summed E-state index contributed by atoms with van der Waals surface area (Å²) in [7, 11) is 3.93. The Kier molecular flexibility index (Phi) is 5.07. The monoisotopic (exact) mass is 351 g/mol. The van der Waals surface area contributed by atoms with Gasteiger partial charge in [-0.1, -0.05) is 0 Å². The second-order valence-corrected chi connectivity index (χ2v) is 5.79. The molecule has 0 fully saturated rings. The molecule has 0 atom stereocenters. The van der Waals surface area contributed by atoms with Crippen molar-refractivity contribution in [2.24, 2.45) is 0 Å². The predicted molar refractivity (Wildman–Crippen MR) is 100 cm³/mol. The van der Waals surface area contributed by atoms with Gasteiger partial charge in [-0.3, -0.25) is 4.79 Å². The Bertz CT molecular complexity index is 895. The fourth-order valence-corrected chi connectivity index (χ4v) is 2.25. The first-order valence-electron chi connectivity index (χ1n) is 7.95. The Morgan fingerprint density at radius 3 is 2.27 bits per heavy atom. The Morgan fingerprint density at radius 2 is 1.62 bits per heavy atom. The second kappa shape index (κ2) is 7.60. The number of nitrogens with one attached hydrogen (secondary N) is 2. The molecule has 0 spiro atoms. The maximum Gasteiger partial charge on any atom is 0.274 e. The number of rotatable bonds is 5. The van der Waals surface area contributed by atoms with Crippen LogP contribution in [0.3, 0.4) is 0 Å². The zero-order chi connectivity index (χ0) is 18.5. The molecule has 132 valence electrons. The number of aromatic nitrogens is 2. The molecule has 0 saturated heterocycles. The molecule has 1 aromatic heterocycles. The molecule has 0 aliphatic rings. The quantitative estimate of drug-likeness (QED) is 0.734. The molecule has 0 radical (unpaired) electrons. The van der Waals surface area contributed by atoms with Crippen LogP contribution in [-0.2, 0) is 0 Å². The first-order valence-corrected chi connectivity index (χ1v) is 7.95. The summed E-state index contributed by atoms with van der Waals surface area (Å²) in [5.74, 6) is -0.448. The molecule has 0 unspecified atom stereocenters. The highest BCUT2D eigenvalue weighted by molar-refractivity contribution is 6.02. The third-order valence-corrected chi connectivity index (χ3v) is 3.63. The molecule has 2 N–H and O–H groups in total. The van der Waals surface area contributed by atoms with Gasteiger partial charge in [0.2, 0.25) is 5.95 Å². The predicted octanol–water partition coefficient (Wildman–Crippen LogP) is 3.68. The van der Waals surface area contributed by atoms with Crippen molar-refractivity contribution in [3.05, 3.63) is 72.3 Å². The van der Waals surface area contributed by atoms with E-state index in [9.17, 15) is 9.18 Å². The third kappa shape index (κ3) is 4.32. The van der Waals surface area contributed by atoms with Gasteiger partial charge < -0.3 is 15.5 Å². The number of benzene rings is 2. The van der Waals surface area contributed by atoms with Crippen LogP contribution in [0.5, 0.6) is 0 Å². The first-order chi connectivity index (χ1) is 12.5. The largest absolute Gasteiger partial charge is 0.378 e. The lowest BCUT2D eigenvalue weighted by atomic mass is 10.2. The lowest BCUT2D eigenvalue weighted by Crippen LogP contribution is -2.14. The molecule has 3 rings (SSSR count). The molecule has 0 aliphatic carbocycles. The smallest absolute Gasteiger partial charge is 0.274 e. The van der Waals surface area contributed by atoms with Gasteiger partial charge in [-0.05, 0) is 54.6 Å². The van der Waals surface area contributed by atoms with Crippen LogP contribution in [0.4, 0.5) is 27.4 Å². The van der Waals surface area contributed by atoms with Gasteiger partial charge in [0.15, 0.2) is 0 Å². The summed E-state index contributed by atoms with van der Waals surface area (Å²) >= 11 is 0. The van der Waals surface area contributed by atoms with Gasteiger partial charge in [0.05, 0.1) is 0 Å². The fourth-order valence-electron chi connectivity index (χ4n) is 2.25. The molecule has 6 nitrogen and oxygen atoms in total. The van der Waals surface area contributed by atoms with Gasteiger partial charge in [-0.2, -0.15) is 0 Å². The normalized spacial score (nSPS) is 10.3. The van der Waals surface area contributed by atoms with Crippen molar-refractivity contribution in [1.82, 2.24) is 9.97 Å². The summed E-state index contributed by atoms with van der Waals surface area (Å²) in [4.78, 5) is 22.6. The second-order valence-electron chi connectivity index (χ2n) is 5.79. The molecule has 0 aliphatic heterocycles. The molecular weight excluding hydrogens is 333 g/mol. The lowest BCUT2D eigenvalue weighted by molar-refractivity contribution is 0.102. The summed E-state index contributed by atoms with van der Waals surface area (Å²) in [6.45, 7) is 0. The first kappa shape index (κ1) is 17.3. The van der Waals surface area contributed by atoms with E-state index in [2.05, 4.69) is 20.6 Å². The van der Waals surface area contributed by atoms with Crippen LogP contribution in [0.15, 0.2) is 60.8 Å². The molecule has 26 heavy (non-hydrogen) atoms. The van der Waals surface area contributed by atoms with Crippen LogP contribution in [-0.4, -0.2) is 30.0 Å². The minimum atomic E-state index is -0.398. The van der Waals surface area contributed by atoms with Gasteiger partial charge in [0, 0.05) is 37.4 Å². The van der Waals surface area contributed by atoms with Crippen molar-refractivity contribution < 1.29 is 9.18 Å². The van der Waals surface area contributed by atoms with Crippen molar-refractivity contribution in [3.63, 3.8) is 0 Å². The van der Waals surface area contributed by atoms with Crippen LogP contribution >= 0.6 is 0 Å². The Hall–Kier alpha value is -3.48. The zero-order valence-electron chi connectivity index (χ0n) is 14.4. The van der Waals surface area contributed by atoms with E-state index in [0.29, 0.717) is 11.6 Å². The fraction of sp³-hybridized carbons (Fsp3) is 0.105. The molecule has 0 bridgehead atoms. The summed E-state index contributed by atoms with van der Waals surface area (Å²) in [6, 6.07) is 14.8. The van der Waals surface area contributed by atoms with Crippen molar-refractivity contribution in [1.29, 1.82) is 0 Å². The summed E-state index contributed by atoms with van der Waals surface area (Å²) in [5, 5.41) is 5.73. The Balaban J connectivity index is 1.71. The summed E-state index contributed by atoms with van der Waals surface area (Å²) in [6.07, 6.45) is 1.50. The van der Waals surface area contributed by atoms with Crippen molar-refractivity contribution in [3.8, 4) is 0 Å². The molecule has 1 heterocycles. The van der Waals surface area contributed by atoms with E-state index < -0.39 is 5.91 Å². The van der Waals surface area contributed by atoms with Gasteiger partial charge in [0.25, 0.3) is 5.91 Å². The van der Waals surface area contributed by atoms with E-state index in [4.69, 9.17) is 0 Å². The minimum Gasteiger partial charge on any atom is -0.378 e. The highest BCUT2D eigenvalue weighted by Gasteiger charge is 2.10. The van der Waals surface area contributed by atoms with E-state index in [1.54, 1.807) is 0 Å². The molecule has 2 aromatic carbocycles. The maximum absolute atomic E-state index is 12.9. The summed E-state index contributed by atoms with van der Waals surface area (Å²) < 4.78 is 12.9. The van der Waals surface area contributed by atoms with E-state index in [0.717, 1.165) is 11.4 Å². The van der Waals surface area contributed by atoms with Gasteiger partial charge >= 0.3 is 0 Å². The van der Waals surface area contributed by atoms with Gasteiger partial charge in [-0.25, -0.2) is 14.4 Å². The number of carbonyl (C=O) groups excluding carboxylic acids is 1. The lowest BCUT2D eigenvalue weighted by Gasteiger charge is -2.13. The van der Waals surface area contributed by atoms with Crippen molar-refractivity contribution in [2.45, 2.75) is 0 Å². The minimum absolute atomic E-state index is 0.205. The van der Waals surface area contributed by atoms with Crippen LogP contribution in [0.1, 0.15) is 10.5 Å². The standard InChI is InChI=1S/C19H18FN5O/c1-25(2)16-9-7-15(8-10-16)23-19-21-12-11-17(24-19)18(26)22-14-5-3-13(20)4-6-14/h3-12H,1-2H3,(H,22,26)(H,21,23,24). The van der Waals surface area contributed by atoms with Crippen molar-refractivity contribution in [2.75, 3.05) is 29.6 Å². The molecule has 7 heteroatoms. The SMILES string of the molecule is CN(C)c1ccc(Nc2nccc(C(=O)Nc3ccc(F)cc3)n2)cc1. The van der Waals surface area contributed by atoms with E-state index >= 15 is 0 Å². The number of halogens is 1. The molecule has 1 amide bonds. The van der Waals surface area contributed by atoms with E-state index in [1.165, 1.54) is 36.5 Å². The number of hydrogen-bond donors (Lipinski definition) is 2. The number of anilines is 4. The van der Waals surface area contributed by atoms with E-state index in [1.807, 2.05) is 43.3 Å². The molecule has 3 aromatic rings. The highest BCUT2D eigenvalue weighted by Crippen LogP contribution is 2.18. The third-order valence-electron chi connectivity index (χ3n) is 3.63. The van der Waals surface area contributed by atoms with Gasteiger partial charge in [0.1, 0.15) is 11.5 Å². The van der Waals surface area contributed by atoms with Crippen molar-refractivity contribution >= 4 is 28.9 Å². The topological polar surface area (TPSA) is 70.2 Å². The number of hydrogen-bond acceptors (Lipinski definition) is 5. The molecular formula is C19H18FN5O. The average molecular weight is 351 g/mol. The Labute approximate surface area is 150 Å². The summed E-state index contributed by atoms with van der Waals surface area (Å²) in [5.41, 5.74) is 2.58. The van der Waals surface area contributed by atoms with Crippen LogP contribution < -0.4 is 15.5 Å². The Morgan fingerprint density at radius 1 is 0.962 bits per heavy atom. The molecule has 0 saturated carbocycles. The maximum atomic E-state index is 12.9. The number of carbonyl (C=O) groups is 1. The van der Waals surface area contributed by atoms with Crippen LogP contribution in [0.2, 0.25) is 0 Å². The average Bonchev–Trinajstić information content (AvgIpc) is 2.64. The van der Waals surface area contributed by atoms with Gasteiger partial charge in [-0.15, -0.1) is 0 Å². The number of amides is 1. The van der Waals surface area contributed by atoms with Crippen LogP contribution in [0.25, 0.3) is 0 Å². The highest BCUT2D eigenvalue weighted by atomic mass is 19.1. The zero-order valence-corrected chi connectivity index (χ0v) is 14.4. The number of nitrogens with zero attached hydrogens (tertiary/aromatic N) is 3. The van der Waals surface area contributed by atoms with E-state index in [-0.39, 0.29) is 11.5 Å².